The third kappa shape index (κ3) is 10.6. The van der Waals surface area contributed by atoms with Gasteiger partial charge in [-0.1, -0.05) is 98.1 Å². The average molecular weight is 747 g/mol. The molecule has 4 amide bonds. The lowest BCUT2D eigenvalue weighted by Crippen LogP contribution is -2.64. The highest BCUT2D eigenvalue weighted by atomic mass is 31.2. The molecule has 53 heavy (non-hydrogen) atoms. The van der Waals surface area contributed by atoms with Crippen molar-refractivity contribution in [3.05, 3.63) is 95.6 Å². The SMILES string of the molecule is NC(=O)C[C@@H]1NC(=O)C2(CCCCC2)NC(=O)[C@@H](CC(=O)O)[C@H](c2ccc(CP(=O)(O)O)cc2)C=CC[C@@H](Cc2cccc3ccccc23)CNC1=O. The summed E-state index contributed by atoms with van der Waals surface area (Å²) in [6.45, 7) is 0.167. The molecule has 1 heterocycles. The van der Waals surface area contributed by atoms with Gasteiger partial charge in [-0.2, -0.15) is 0 Å². The molecule has 3 aromatic rings. The number of amides is 4. The first kappa shape index (κ1) is 39.4. The molecule has 0 radical (unpaired) electrons. The van der Waals surface area contributed by atoms with Gasteiger partial charge in [0.15, 0.2) is 0 Å². The van der Waals surface area contributed by atoms with Gasteiger partial charge in [-0.15, -0.1) is 0 Å². The lowest BCUT2D eigenvalue weighted by Gasteiger charge is -2.39. The van der Waals surface area contributed by atoms with Gasteiger partial charge in [-0.05, 0) is 59.1 Å². The summed E-state index contributed by atoms with van der Waals surface area (Å²) in [5, 5.41) is 20.7. The molecule has 0 unspecified atom stereocenters. The van der Waals surface area contributed by atoms with E-state index in [9.17, 15) is 43.4 Å². The summed E-state index contributed by atoms with van der Waals surface area (Å²) in [6.07, 6.45) is 5.49. The van der Waals surface area contributed by atoms with Crippen LogP contribution in [0.25, 0.3) is 10.8 Å². The second-order valence-corrected chi connectivity index (χ2v) is 15.9. The molecule has 1 fully saturated rings. The van der Waals surface area contributed by atoms with Crippen LogP contribution in [0.2, 0.25) is 0 Å². The molecular formula is C39H47N4O9P. The fourth-order valence-electron chi connectivity index (χ4n) is 7.54. The van der Waals surface area contributed by atoms with Gasteiger partial charge in [0.25, 0.3) is 0 Å². The molecule has 13 nitrogen and oxygen atoms in total. The zero-order valence-corrected chi connectivity index (χ0v) is 30.3. The Morgan fingerprint density at radius 2 is 1.58 bits per heavy atom. The van der Waals surface area contributed by atoms with Crippen LogP contribution < -0.4 is 21.7 Å². The van der Waals surface area contributed by atoms with E-state index in [0.717, 1.165) is 22.8 Å². The van der Waals surface area contributed by atoms with Gasteiger partial charge < -0.3 is 36.6 Å². The Hall–Kier alpha value is -4.84. The van der Waals surface area contributed by atoms with Crippen molar-refractivity contribution in [2.24, 2.45) is 17.6 Å². The van der Waals surface area contributed by atoms with Gasteiger partial charge in [0, 0.05) is 12.5 Å². The van der Waals surface area contributed by atoms with E-state index >= 15 is 0 Å². The molecule has 5 rings (SSSR count). The fourth-order valence-corrected chi connectivity index (χ4v) is 8.22. The summed E-state index contributed by atoms with van der Waals surface area (Å²) in [6, 6.07) is 18.9. The Bertz CT molecular complexity index is 1900. The van der Waals surface area contributed by atoms with Crippen LogP contribution in [0, 0.1) is 11.8 Å². The monoisotopic (exact) mass is 746 g/mol. The molecule has 282 valence electrons. The molecule has 0 bridgehead atoms. The smallest absolute Gasteiger partial charge is 0.329 e. The molecule has 2 aliphatic rings. The van der Waals surface area contributed by atoms with Crippen LogP contribution in [0.5, 0.6) is 0 Å². The quantitative estimate of drug-likeness (QED) is 0.125. The summed E-state index contributed by atoms with van der Waals surface area (Å²) >= 11 is 0. The lowest BCUT2D eigenvalue weighted by molar-refractivity contribution is -0.143. The molecular weight excluding hydrogens is 699 g/mol. The summed E-state index contributed by atoms with van der Waals surface area (Å²) in [7, 11) is -4.36. The summed E-state index contributed by atoms with van der Waals surface area (Å²) in [4.78, 5) is 85.6. The Labute approximate surface area is 308 Å². The van der Waals surface area contributed by atoms with Gasteiger partial charge in [0.1, 0.15) is 11.6 Å². The van der Waals surface area contributed by atoms with Crippen LogP contribution in [0.4, 0.5) is 0 Å². The van der Waals surface area contributed by atoms with Crippen molar-refractivity contribution in [2.75, 3.05) is 6.54 Å². The van der Waals surface area contributed by atoms with Crippen LogP contribution >= 0.6 is 7.60 Å². The molecule has 0 aromatic heterocycles. The first-order valence-corrected chi connectivity index (χ1v) is 19.7. The van der Waals surface area contributed by atoms with Crippen LogP contribution in [0.1, 0.15) is 74.0 Å². The lowest BCUT2D eigenvalue weighted by atomic mass is 9.78. The van der Waals surface area contributed by atoms with E-state index in [1.54, 1.807) is 30.3 Å². The van der Waals surface area contributed by atoms with Crippen molar-refractivity contribution in [3.63, 3.8) is 0 Å². The van der Waals surface area contributed by atoms with Gasteiger partial charge in [0.2, 0.25) is 23.6 Å². The highest BCUT2D eigenvalue weighted by molar-refractivity contribution is 7.50. The Morgan fingerprint density at radius 3 is 2.26 bits per heavy atom. The van der Waals surface area contributed by atoms with Crippen molar-refractivity contribution in [1.82, 2.24) is 16.0 Å². The van der Waals surface area contributed by atoms with E-state index < -0.39 is 79.6 Å². The van der Waals surface area contributed by atoms with E-state index in [0.29, 0.717) is 36.8 Å². The van der Waals surface area contributed by atoms with Crippen molar-refractivity contribution in [1.29, 1.82) is 0 Å². The number of rotatable bonds is 9. The maximum Gasteiger partial charge on any atom is 0.329 e. The van der Waals surface area contributed by atoms with E-state index in [1.165, 1.54) is 0 Å². The number of hydrogen-bond donors (Lipinski definition) is 7. The number of carbonyl (C=O) groups excluding carboxylic acids is 4. The highest BCUT2D eigenvalue weighted by Crippen LogP contribution is 2.40. The third-order valence-electron chi connectivity index (χ3n) is 10.2. The van der Waals surface area contributed by atoms with E-state index in [4.69, 9.17) is 5.73 Å². The summed E-state index contributed by atoms with van der Waals surface area (Å²) in [5.41, 5.74) is 6.00. The topological polar surface area (TPSA) is 225 Å². The van der Waals surface area contributed by atoms with E-state index in [-0.39, 0.29) is 25.3 Å². The van der Waals surface area contributed by atoms with Crippen LogP contribution in [-0.2, 0) is 41.1 Å². The minimum atomic E-state index is -4.36. The fraction of sp³-hybridized carbons (Fsp3) is 0.410. The van der Waals surface area contributed by atoms with Crippen molar-refractivity contribution in [2.45, 2.75) is 81.4 Å². The molecule has 1 aliphatic carbocycles. The Kier molecular flexibility index (Phi) is 12.9. The minimum absolute atomic E-state index is 0.167. The van der Waals surface area contributed by atoms with Crippen LogP contribution in [0.3, 0.4) is 0 Å². The zero-order chi connectivity index (χ0) is 38.2. The van der Waals surface area contributed by atoms with Crippen molar-refractivity contribution >= 4 is 48.0 Å². The maximum atomic E-state index is 14.4. The molecule has 8 N–H and O–H groups in total. The van der Waals surface area contributed by atoms with Crippen molar-refractivity contribution < 1.29 is 43.4 Å². The van der Waals surface area contributed by atoms with Gasteiger partial charge in [0.05, 0.1) is 24.9 Å². The van der Waals surface area contributed by atoms with Gasteiger partial charge in [-0.25, -0.2) is 0 Å². The van der Waals surface area contributed by atoms with Gasteiger partial charge in [-0.3, -0.25) is 28.5 Å². The first-order chi connectivity index (χ1) is 25.2. The number of carbonyl (C=O) groups is 5. The highest BCUT2D eigenvalue weighted by Gasteiger charge is 2.44. The Morgan fingerprint density at radius 1 is 0.887 bits per heavy atom. The number of nitrogens with one attached hydrogen (secondary N) is 3. The number of hydrogen-bond acceptors (Lipinski definition) is 6. The number of aliphatic carboxylic acids is 1. The number of fused-ring (bicyclic) bond motifs is 1. The van der Waals surface area contributed by atoms with Crippen LogP contribution in [0.15, 0.2) is 78.9 Å². The summed E-state index contributed by atoms with van der Waals surface area (Å²) in [5.74, 6) is -6.14. The number of primary amides is 1. The number of benzene rings is 3. The number of carboxylic acid groups (broad SMARTS) is 1. The van der Waals surface area contributed by atoms with E-state index in [2.05, 4.69) is 16.0 Å². The molecule has 1 saturated carbocycles. The normalized spacial score (nSPS) is 22.9. The Balaban J connectivity index is 1.58. The molecule has 1 aliphatic heterocycles. The zero-order valence-electron chi connectivity index (χ0n) is 29.4. The molecule has 4 atom stereocenters. The number of allylic oxidation sites excluding steroid dienone is 2. The maximum absolute atomic E-state index is 14.4. The minimum Gasteiger partial charge on any atom is -0.481 e. The standard InChI is InChI=1S/C39H47N4O9P/c40-34(44)22-33-37(48)41-23-26(20-29-11-7-10-27-9-2-3-12-30(27)29)8-6-13-31(28-16-14-25(15-17-28)24-53(50,51)52)32(21-35(45)46)36(47)43-39(38(49)42-33)18-4-1-5-19-39/h2-3,6-7,9-17,26,31-33H,1,4-5,8,18-24H2,(H2,40,44)(H,41,48)(H,42,49)(H,43,47)(H,45,46)(H2,50,51,52)/t26-,31-,32-,33-/m0/s1. The third-order valence-corrected chi connectivity index (χ3v) is 11.0. The molecule has 0 saturated heterocycles. The molecule has 3 aromatic carbocycles. The van der Waals surface area contributed by atoms with E-state index in [1.807, 2.05) is 48.5 Å². The first-order valence-electron chi connectivity index (χ1n) is 17.9. The van der Waals surface area contributed by atoms with Crippen LogP contribution in [-0.4, -0.2) is 62.6 Å². The number of nitrogens with two attached hydrogens (primary N) is 1. The predicted octanol–water partition coefficient (Wildman–Crippen LogP) is 3.81. The number of carboxylic acids is 1. The summed E-state index contributed by atoms with van der Waals surface area (Å²) < 4.78 is 11.7. The molecule has 14 heteroatoms. The second-order valence-electron chi connectivity index (χ2n) is 14.2. The average Bonchev–Trinajstić information content (AvgIpc) is 3.10. The van der Waals surface area contributed by atoms with Crippen molar-refractivity contribution in [3.8, 4) is 0 Å². The molecule has 1 spiro atoms. The predicted molar refractivity (Wildman–Crippen MR) is 198 cm³/mol. The largest absolute Gasteiger partial charge is 0.481 e. The van der Waals surface area contributed by atoms with Gasteiger partial charge >= 0.3 is 13.6 Å². The second kappa shape index (κ2) is 17.3.